The monoisotopic (exact) mass is 425 g/mol. The summed E-state index contributed by atoms with van der Waals surface area (Å²) in [5.74, 6) is -0.986. The Morgan fingerprint density at radius 3 is 2.61 bits per heavy atom. The average molecular weight is 425 g/mol. The van der Waals surface area contributed by atoms with Crippen LogP contribution in [-0.2, 0) is 22.6 Å². The molecule has 2 unspecified atom stereocenters. The standard InChI is InChI=1S/C22H27N5O4/c23-21(24)15-6-3-7-17(10-15)26-20(18(29)13-28)22(31)25-11-19(30)27-9-8-14-4-1-2-5-16(14)12-27/h1-7,10,18,20,26,28-29H,8-9,11-13H2,(H3,23,24)(H,25,31). The molecule has 0 radical (unpaired) electrons. The summed E-state index contributed by atoms with van der Waals surface area (Å²) in [6.45, 7) is 0.202. The second kappa shape index (κ2) is 10.1. The molecule has 2 atom stereocenters. The van der Waals surface area contributed by atoms with E-state index in [0.29, 0.717) is 24.3 Å². The molecule has 7 N–H and O–H groups in total. The summed E-state index contributed by atoms with van der Waals surface area (Å²) >= 11 is 0. The van der Waals surface area contributed by atoms with Gasteiger partial charge in [-0.25, -0.2) is 0 Å². The molecule has 0 aliphatic carbocycles. The number of aliphatic hydroxyl groups excluding tert-OH is 2. The lowest BCUT2D eigenvalue weighted by Gasteiger charge is -2.29. The fourth-order valence-corrected chi connectivity index (χ4v) is 3.49. The van der Waals surface area contributed by atoms with Crippen LogP contribution in [0.3, 0.4) is 0 Å². The predicted octanol–water partition coefficient (Wildman–Crippen LogP) is -0.195. The summed E-state index contributed by atoms with van der Waals surface area (Å²) in [7, 11) is 0. The quantitative estimate of drug-likeness (QED) is 0.255. The van der Waals surface area contributed by atoms with Crippen molar-refractivity contribution in [2.45, 2.75) is 25.1 Å². The molecular formula is C22H27N5O4. The van der Waals surface area contributed by atoms with Crippen molar-refractivity contribution in [3.8, 4) is 0 Å². The Morgan fingerprint density at radius 1 is 1.16 bits per heavy atom. The lowest BCUT2D eigenvalue weighted by molar-refractivity contribution is -0.134. The third-order valence-electron chi connectivity index (χ3n) is 5.25. The molecule has 3 rings (SSSR count). The minimum absolute atomic E-state index is 0.138. The number of anilines is 1. The minimum Gasteiger partial charge on any atom is -0.394 e. The van der Waals surface area contributed by atoms with Crippen LogP contribution in [0.4, 0.5) is 5.69 Å². The predicted molar refractivity (Wildman–Crippen MR) is 117 cm³/mol. The van der Waals surface area contributed by atoms with Crippen molar-refractivity contribution in [1.82, 2.24) is 10.2 Å². The van der Waals surface area contributed by atoms with Crippen LogP contribution in [0.25, 0.3) is 0 Å². The van der Waals surface area contributed by atoms with Crippen molar-refractivity contribution in [3.63, 3.8) is 0 Å². The van der Waals surface area contributed by atoms with E-state index in [1.54, 1.807) is 29.2 Å². The van der Waals surface area contributed by atoms with Crippen molar-refractivity contribution < 1.29 is 19.8 Å². The van der Waals surface area contributed by atoms with Gasteiger partial charge in [-0.05, 0) is 29.7 Å². The molecule has 0 saturated heterocycles. The van der Waals surface area contributed by atoms with Gasteiger partial charge in [0.2, 0.25) is 11.8 Å². The molecule has 1 heterocycles. The molecule has 1 aliphatic rings. The molecule has 2 aromatic carbocycles. The van der Waals surface area contributed by atoms with E-state index in [-0.39, 0.29) is 18.3 Å². The van der Waals surface area contributed by atoms with Crippen LogP contribution < -0.4 is 16.4 Å². The molecule has 1 aliphatic heterocycles. The number of benzene rings is 2. The fraction of sp³-hybridized carbons (Fsp3) is 0.318. The first-order valence-corrected chi connectivity index (χ1v) is 10.0. The van der Waals surface area contributed by atoms with Gasteiger partial charge in [-0.15, -0.1) is 0 Å². The van der Waals surface area contributed by atoms with E-state index < -0.39 is 24.7 Å². The Labute approximate surface area is 180 Å². The topological polar surface area (TPSA) is 152 Å². The van der Waals surface area contributed by atoms with Gasteiger partial charge in [0.05, 0.1) is 13.2 Å². The van der Waals surface area contributed by atoms with Gasteiger partial charge < -0.3 is 31.5 Å². The summed E-state index contributed by atoms with van der Waals surface area (Å²) in [5, 5.41) is 32.4. The van der Waals surface area contributed by atoms with Gasteiger partial charge in [-0.3, -0.25) is 15.0 Å². The van der Waals surface area contributed by atoms with Crippen molar-refractivity contribution in [1.29, 1.82) is 5.41 Å². The highest BCUT2D eigenvalue weighted by molar-refractivity contribution is 5.96. The van der Waals surface area contributed by atoms with Crippen LogP contribution in [-0.4, -0.2) is 64.6 Å². The van der Waals surface area contributed by atoms with E-state index in [9.17, 15) is 19.8 Å². The summed E-state index contributed by atoms with van der Waals surface area (Å²) in [4.78, 5) is 26.9. The van der Waals surface area contributed by atoms with Crippen LogP contribution >= 0.6 is 0 Å². The average Bonchev–Trinajstić information content (AvgIpc) is 2.80. The zero-order valence-corrected chi connectivity index (χ0v) is 17.0. The molecule has 0 bridgehead atoms. The molecule has 31 heavy (non-hydrogen) atoms. The highest BCUT2D eigenvalue weighted by Crippen LogP contribution is 2.18. The number of rotatable bonds is 8. The molecule has 0 aromatic heterocycles. The summed E-state index contributed by atoms with van der Waals surface area (Å²) in [6.07, 6.45) is -0.631. The molecule has 0 saturated carbocycles. The second-order valence-corrected chi connectivity index (χ2v) is 7.42. The number of amidine groups is 1. The number of hydrogen-bond acceptors (Lipinski definition) is 6. The van der Waals surface area contributed by atoms with Gasteiger partial charge >= 0.3 is 0 Å². The number of aliphatic hydroxyl groups is 2. The molecular weight excluding hydrogens is 398 g/mol. The smallest absolute Gasteiger partial charge is 0.245 e. The Balaban J connectivity index is 1.61. The van der Waals surface area contributed by atoms with Gasteiger partial charge in [0.1, 0.15) is 18.0 Å². The Hall–Kier alpha value is -3.43. The van der Waals surface area contributed by atoms with Crippen molar-refractivity contribution in [3.05, 3.63) is 65.2 Å². The molecule has 2 amide bonds. The third-order valence-corrected chi connectivity index (χ3v) is 5.25. The third kappa shape index (κ3) is 5.59. The molecule has 0 fully saturated rings. The van der Waals surface area contributed by atoms with E-state index >= 15 is 0 Å². The highest BCUT2D eigenvalue weighted by Gasteiger charge is 2.28. The second-order valence-electron chi connectivity index (χ2n) is 7.42. The van der Waals surface area contributed by atoms with Crippen LogP contribution in [0.2, 0.25) is 0 Å². The Kier molecular flexibility index (Phi) is 7.22. The number of carbonyl (C=O) groups excluding carboxylic acids is 2. The number of nitrogen functional groups attached to an aromatic ring is 1. The first-order valence-electron chi connectivity index (χ1n) is 10.0. The van der Waals surface area contributed by atoms with E-state index in [0.717, 1.165) is 12.0 Å². The normalized spacial score (nSPS) is 14.8. The Bertz CT molecular complexity index is 964. The number of carbonyl (C=O) groups is 2. The van der Waals surface area contributed by atoms with Crippen LogP contribution in [0.5, 0.6) is 0 Å². The van der Waals surface area contributed by atoms with Gasteiger partial charge in [0.25, 0.3) is 0 Å². The fourth-order valence-electron chi connectivity index (χ4n) is 3.49. The van der Waals surface area contributed by atoms with Gasteiger partial charge in [-0.1, -0.05) is 36.4 Å². The van der Waals surface area contributed by atoms with Crippen molar-refractivity contribution >= 4 is 23.3 Å². The maximum absolute atomic E-state index is 12.7. The largest absolute Gasteiger partial charge is 0.394 e. The first-order chi connectivity index (χ1) is 14.9. The zero-order chi connectivity index (χ0) is 22.4. The van der Waals surface area contributed by atoms with Gasteiger partial charge in [0.15, 0.2) is 0 Å². The van der Waals surface area contributed by atoms with Crippen LogP contribution in [0, 0.1) is 5.41 Å². The maximum Gasteiger partial charge on any atom is 0.245 e. The van der Waals surface area contributed by atoms with Gasteiger partial charge in [-0.2, -0.15) is 0 Å². The van der Waals surface area contributed by atoms with E-state index in [1.165, 1.54) is 5.56 Å². The first kappa shape index (κ1) is 22.3. The molecule has 0 spiro atoms. The lowest BCUT2D eigenvalue weighted by Crippen LogP contribution is -2.51. The number of hydrogen-bond donors (Lipinski definition) is 6. The number of fused-ring (bicyclic) bond motifs is 1. The molecule has 2 aromatic rings. The highest BCUT2D eigenvalue weighted by atomic mass is 16.3. The zero-order valence-electron chi connectivity index (χ0n) is 17.0. The van der Waals surface area contributed by atoms with Crippen LogP contribution in [0.15, 0.2) is 48.5 Å². The molecule has 164 valence electrons. The SMILES string of the molecule is N=C(N)c1cccc(NC(C(=O)NCC(=O)N2CCc3ccccc3C2)C(O)CO)c1. The van der Waals surface area contributed by atoms with E-state index in [1.807, 2.05) is 24.3 Å². The summed E-state index contributed by atoms with van der Waals surface area (Å²) < 4.78 is 0. The number of nitrogens with one attached hydrogen (secondary N) is 3. The molecule has 9 nitrogen and oxygen atoms in total. The van der Waals surface area contributed by atoms with E-state index in [4.69, 9.17) is 11.1 Å². The minimum atomic E-state index is -1.39. The summed E-state index contributed by atoms with van der Waals surface area (Å²) in [6, 6.07) is 13.2. The number of nitrogens with two attached hydrogens (primary N) is 1. The summed E-state index contributed by atoms with van der Waals surface area (Å²) in [5.41, 5.74) is 8.69. The van der Waals surface area contributed by atoms with Crippen LogP contribution in [0.1, 0.15) is 16.7 Å². The number of amides is 2. The molecule has 9 heteroatoms. The maximum atomic E-state index is 12.7. The van der Waals surface area contributed by atoms with Crippen molar-refractivity contribution in [2.75, 3.05) is 25.0 Å². The Morgan fingerprint density at radius 2 is 1.90 bits per heavy atom. The number of nitrogens with zero attached hydrogens (tertiary/aromatic N) is 1. The van der Waals surface area contributed by atoms with Gasteiger partial charge in [0, 0.05) is 24.3 Å². The van der Waals surface area contributed by atoms with E-state index in [2.05, 4.69) is 10.6 Å². The lowest BCUT2D eigenvalue weighted by atomic mass is 10.00. The van der Waals surface area contributed by atoms with Crippen molar-refractivity contribution in [2.24, 2.45) is 5.73 Å².